The van der Waals surface area contributed by atoms with Crippen molar-refractivity contribution in [1.82, 2.24) is 9.62 Å². The van der Waals surface area contributed by atoms with Crippen LogP contribution < -0.4 is 11.1 Å². The molecule has 6 nitrogen and oxygen atoms in total. The summed E-state index contributed by atoms with van der Waals surface area (Å²) in [6.07, 6.45) is 0. The highest BCUT2D eigenvalue weighted by Crippen LogP contribution is 2.16. The zero-order valence-corrected chi connectivity index (χ0v) is 12.9. The predicted molar refractivity (Wildman–Crippen MR) is 80.9 cm³/mol. The van der Waals surface area contributed by atoms with E-state index >= 15 is 0 Å². The summed E-state index contributed by atoms with van der Waals surface area (Å²) in [6.45, 7) is 1.94. The molecule has 0 saturated heterocycles. The lowest BCUT2D eigenvalue weighted by molar-refractivity contribution is -0.120. The average Bonchev–Trinajstić information content (AvgIpc) is 2.50. The summed E-state index contributed by atoms with van der Waals surface area (Å²) in [4.78, 5) is 11.5. The van der Waals surface area contributed by atoms with E-state index in [4.69, 9.17) is 5.73 Å². The lowest BCUT2D eigenvalue weighted by atomic mass is 10.2. The van der Waals surface area contributed by atoms with E-state index in [1.54, 1.807) is 19.1 Å². The number of rotatable bonds is 5. The third-order valence-corrected chi connectivity index (χ3v) is 4.71. The molecule has 114 valence electrons. The molecule has 1 rings (SSSR count). The second-order valence-electron chi connectivity index (χ2n) is 4.13. The van der Waals surface area contributed by atoms with E-state index in [0.29, 0.717) is 5.56 Å². The molecular formula is C14H19N3O3S. The topological polar surface area (TPSA) is 92.5 Å². The molecule has 0 heterocycles. The first-order valence-corrected chi connectivity index (χ1v) is 7.89. The molecule has 0 aliphatic heterocycles. The van der Waals surface area contributed by atoms with E-state index < -0.39 is 10.0 Å². The standard InChI is InChI=1S/C14H19N3O3S/c1-3-17(11-14(18)16-2)21(19,20)13-8-6-12(7-9-13)5-4-10-15/h6-9H,3,10-11,15H2,1-2H3,(H,16,18). The van der Waals surface area contributed by atoms with Gasteiger partial charge in [-0.15, -0.1) is 0 Å². The SMILES string of the molecule is CCN(CC(=O)NC)S(=O)(=O)c1ccc(C#CCN)cc1. The van der Waals surface area contributed by atoms with Crippen molar-refractivity contribution in [2.45, 2.75) is 11.8 Å². The maximum atomic E-state index is 12.4. The molecule has 1 amide bonds. The molecular weight excluding hydrogens is 290 g/mol. The van der Waals surface area contributed by atoms with Crippen molar-refractivity contribution in [3.05, 3.63) is 29.8 Å². The first kappa shape index (κ1) is 17.2. The maximum Gasteiger partial charge on any atom is 0.243 e. The number of sulfonamides is 1. The first-order chi connectivity index (χ1) is 9.95. The summed E-state index contributed by atoms with van der Waals surface area (Å²) >= 11 is 0. The average molecular weight is 309 g/mol. The predicted octanol–water partition coefficient (Wildman–Crippen LogP) is -0.247. The van der Waals surface area contributed by atoms with Crippen molar-refractivity contribution in [3.63, 3.8) is 0 Å². The van der Waals surface area contributed by atoms with Crippen LogP contribution in [0.15, 0.2) is 29.2 Å². The summed E-state index contributed by atoms with van der Waals surface area (Å²) in [5, 5.41) is 2.41. The Morgan fingerprint density at radius 1 is 1.33 bits per heavy atom. The van der Waals surface area contributed by atoms with Crippen LogP contribution in [0.3, 0.4) is 0 Å². The van der Waals surface area contributed by atoms with Gasteiger partial charge in [-0.3, -0.25) is 4.79 Å². The van der Waals surface area contributed by atoms with Gasteiger partial charge in [0.25, 0.3) is 0 Å². The fourth-order valence-corrected chi connectivity index (χ4v) is 3.02. The van der Waals surface area contributed by atoms with Crippen molar-refractivity contribution in [2.75, 3.05) is 26.7 Å². The van der Waals surface area contributed by atoms with Gasteiger partial charge in [0.2, 0.25) is 15.9 Å². The molecule has 1 aromatic rings. The number of nitrogens with one attached hydrogen (secondary N) is 1. The Balaban J connectivity index is 3.03. The Morgan fingerprint density at radius 2 is 1.95 bits per heavy atom. The van der Waals surface area contributed by atoms with Gasteiger partial charge in [0.05, 0.1) is 18.0 Å². The van der Waals surface area contributed by atoms with Crippen molar-refractivity contribution < 1.29 is 13.2 Å². The highest BCUT2D eigenvalue weighted by atomic mass is 32.2. The van der Waals surface area contributed by atoms with Crippen LogP contribution in [0, 0.1) is 11.8 Å². The molecule has 0 fully saturated rings. The van der Waals surface area contributed by atoms with Crippen molar-refractivity contribution in [3.8, 4) is 11.8 Å². The molecule has 7 heteroatoms. The summed E-state index contributed by atoms with van der Waals surface area (Å²) in [5.74, 6) is 5.16. The van der Waals surface area contributed by atoms with Crippen LogP contribution in [-0.2, 0) is 14.8 Å². The Hall–Kier alpha value is -1.88. The third-order valence-electron chi connectivity index (χ3n) is 2.78. The van der Waals surface area contributed by atoms with Crippen LogP contribution in [0.1, 0.15) is 12.5 Å². The molecule has 1 aromatic carbocycles. The molecule has 0 aliphatic carbocycles. The Bertz CT molecular complexity index is 642. The smallest absolute Gasteiger partial charge is 0.243 e. The Kier molecular flexibility index (Phi) is 6.37. The summed E-state index contributed by atoms with van der Waals surface area (Å²) in [5.41, 5.74) is 5.97. The Morgan fingerprint density at radius 3 is 2.43 bits per heavy atom. The minimum absolute atomic E-state index is 0.131. The fourth-order valence-electron chi connectivity index (χ4n) is 1.62. The highest BCUT2D eigenvalue weighted by molar-refractivity contribution is 7.89. The van der Waals surface area contributed by atoms with Gasteiger partial charge >= 0.3 is 0 Å². The second kappa shape index (κ2) is 7.78. The van der Waals surface area contributed by atoms with Crippen molar-refractivity contribution in [1.29, 1.82) is 0 Å². The monoisotopic (exact) mass is 309 g/mol. The van der Waals surface area contributed by atoms with Gasteiger partial charge < -0.3 is 11.1 Å². The van der Waals surface area contributed by atoms with E-state index in [9.17, 15) is 13.2 Å². The fraction of sp³-hybridized carbons (Fsp3) is 0.357. The van der Waals surface area contributed by atoms with Crippen LogP contribution in [0.5, 0.6) is 0 Å². The highest BCUT2D eigenvalue weighted by Gasteiger charge is 2.24. The maximum absolute atomic E-state index is 12.4. The van der Waals surface area contributed by atoms with Crippen LogP contribution in [0.2, 0.25) is 0 Å². The second-order valence-corrected chi connectivity index (χ2v) is 6.07. The number of likely N-dealkylation sites (N-methyl/N-ethyl adjacent to an activating group) is 2. The van der Waals surface area contributed by atoms with Gasteiger partial charge in [-0.1, -0.05) is 18.8 Å². The molecule has 0 spiro atoms. The molecule has 0 aliphatic rings. The van der Waals surface area contributed by atoms with Gasteiger partial charge in [0.15, 0.2) is 0 Å². The first-order valence-electron chi connectivity index (χ1n) is 6.45. The summed E-state index contributed by atoms with van der Waals surface area (Å²) < 4.78 is 26.0. The number of nitrogens with zero attached hydrogens (tertiary/aromatic N) is 1. The number of hydrogen-bond acceptors (Lipinski definition) is 4. The van der Waals surface area contributed by atoms with Gasteiger partial charge in [-0.05, 0) is 24.3 Å². The van der Waals surface area contributed by atoms with Gasteiger partial charge in [-0.25, -0.2) is 8.42 Å². The van der Waals surface area contributed by atoms with E-state index in [-0.39, 0.29) is 30.4 Å². The summed E-state index contributed by atoms with van der Waals surface area (Å²) in [7, 11) is -2.23. The third kappa shape index (κ3) is 4.56. The number of nitrogens with two attached hydrogens (primary N) is 1. The molecule has 0 bridgehead atoms. The molecule has 0 saturated carbocycles. The van der Waals surface area contributed by atoms with Crippen LogP contribution >= 0.6 is 0 Å². The van der Waals surface area contributed by atoms with E-state index in [2.05, 4.69) is 17.2 Å². The van der Waals surface area contributed by atoms with Gasteiger partial charge in [0.1, 0.15) is 0 Å². The molecule has 0 aromatic heterocycles. The van der Waals surface area contributed by atoms with E-state index in [1.807, 2.05) is 0 Å². The van der Waals surface area contributed by atoms with Crippen LogP contribution in [0.4, 0.5) is 0 Å². The zero-order valence-electron chi connectivity index (χ0n) is 12.1. The normalized spacial score (nSPS) is 10.9. The summed E-state index contributed by atoms with van der Waals surface area (Å²) in [6, 6.07) is 6.18. The molecule has 0 atom stereocenters. The zero-order chi connectivity index (χ0) is 15.9. The van der Waals surface area contributed by atoms with Gasteiger partial charge in [0, 0.05) is 19.2 Å². The molecule has 21 heavy (non-hydrogen) atoms. The van der Waals surface area contributed by atoms with E-state index in [0.717, 1.165) is 4.31 Å². The van der Waals surface area contributed by atoms with Gasteiger partial charge in [-0.2, -0.15) is 4.31 Å². The minimum atomic E-state index is -3.69. The molecule has 3 N–H and O–H groups in total. The minimum Gasteiger partial charge on any atom is -0.358 e. The lowest BCUT2D eigenvalue weighted by Crippen LogP contribution is -2.39. The van der Waals surface area contributed by atoms with Crippen LogP contribution in [0.25, 0.3) is 0 Å². The Labute approximate surface area is 125 Å². The molecule has 0 unspecified atom stereocenters. The number of benzene rings is 1. The number of carbonyl (C=O) groups excluding carboxylic acids is 1. The van der Waals surface area contributed by atoms with E-state index in [1.165, 1.54) is 19.2 Å². The van der Waals surface area contributed by atoms with Crippen molar-refractivity contribution in [2.24, 2.45) is 5.73 Å². The molecule has 0 radical (unpaired) electrons. The number of carbonyl (C=O) groups is 1. The number of hydrogen-bond donors (Lipinski definition) is 2. The quantitative estimate of drug-likeness (QED) is 0.734. The lowest BCUT2D eigenvalue weighted by Gasteiger charge is -2.19. The largest absolute Gasteiger partial charge is 0.358 e. The number of amides is 1. The van der Waals surface area contributed by atoms with Crippen molar-refractivity contribution >= 4 is 15.9 Å². The van der Waals surface area contributed by atoms with Crippen LogP contribution in [-0.4, -0.2) is 45.3 Å².